The van der Waals surface area contributed by atoms with Gasteiger partial charge in [-0.3, -0.25) is 4.68 Å². The summed E-state index contributed by atoms with van der Waals surface area (Å²) in [6.07, 6.45) is 0.958. The van der Waals surface area contributed by atoms with Crippen molar-refractivity contribution in [3.05, 3.63) is 16.4 Å². The van der Waals surface area contributed by atoms with Crippen molar-refractivity contribution >= 4 is 11.6 Å². The lowest BCUT2D eigenvalue weighted by Crippen LogP contribution is -2.36. The molecule has 0 saturated carbocycles. The second-order valence-electron chi connectivity index (χ2n) is 6.80. The summed E-state index contributed by atoms with van der Waals surface area (Å²) in [4.78, 5) is 0. The molecule has 0 fully saturated rings. The van der Waals surface area contributed by atoms with Crippen molar-refractivity contribution in [3.8, 4) is 0 Å². The van der Waals surface area contributed by atoms with Gasteiger partial charge in [0.15, 0.2) is 0 Å². The molecule has 110 valence electrons. The van der Waals surface area contributed by atoms with Crippen LogP contribution in [0.5, 0.6) is 0 Å². The molecule has 1 atom stereocenters. The molecule has 0 amide bonds. The van der Waals surface area contributed by atoms with Crippen LogP contribution in [0.4, 0.5) is 0 Å². The molecule has 1 aromatic heterocycles. The van der Waals surface area contributed by atoms with E-state index in [9.17, 15) is 0 Å². The standard InChI is InChI=1S/C15H28ClN3/c1-10(2)17-9-12(15(4,5)6)8-13-14(16)11(3)18-19(13)7/h10,12,17H,8-9H2,1-7H3. The maximum absolute atomic E-state index is 6.37. The van der Waals surface area contributed by atoms with E-state index in [1.807, 2.05) is 18.7 Å². The minimum absolute atomic E-state index is 0.239. The highest BCUT2D eigenvalue weighted by Crippen LogP contribution is 2.31. The number of aryl methyl sites for hydroxylation is 2. The van der Waals surface area contributed by atoms with Crippen molar-refractivity contribution in [1.82, 2.24) is 15.1 Å². The zero-order chi connectivity index (χ0) is 14.8. The van der Waals surface area contributed by atoms with Crippen molar-refractivity contribution in [1.29, 1.82) is 0 Å². The van der Waals surface area contributed by atoms with Gasteiger partial charge in [-0.25, -0.2) is 0 Å². The van der Waals surface area contributed by atoms with Crippen molar-refractivity contribution in [3.63, 3.8) is 0 Å². The summed E-state index contributed by atoms with van der Waals surface area (Å²) >= 11 is 6.37. The molecule has 0 aliphatic heterocycles. The summed E-state index contributed by atoms with van der Waals surface area (Å²) in [7, 11) is 1.98. The van der Waals surface area contributed by atoms with Crippen molar-refractivity contribution in [2.24, 2.45) is 18.4 Å². The van der Waals surface area contributed by atoms with E-state index in [0.29, 0.717) is 12.0 Å². The Morgan fingerprint density at radius 3 is 2.26 bits per heavy atom. The lowest BCUT2D eigenvalue weighted by molar-refractivity contribution is 0.223. The molecule has 0 aromatic carbocycles. The maximum Gasteiger partial charge on any atom is 0.0847 e. The van der Waals surface area contributed by atoms with E-state index in [1.165, 1.54) is 0 Å². The minimum atomic E-state index is 0.239. The Bertz CT molecular complexity index is 416. The molecule has 0 radical (unpaired) electrons. The number of hydrogen-bond acceptors (Lipinski definition) is 2. The molecule has 3 nitrogen and oxygen atoms in total. The first kappa shape index (κ1) is 16.5. The van der Waals surface area contributed by atoms with Crippen LogP contribution in [-0.4, -0.2) is 22.4 Å². The Morgan fingerprint density at radius 1 is 1.32 bits per heavy atom. The predicted molar refractivity (Wildman–Crippen MR) is 82.7 cm³/mol. The van der Waals surface area contributed by atoms with E-state index in [-0.39, 0.29) is 5.41 Å². The average molecular weight is 286 g/mol. The third-order valence-corrected chi connectivity index (χ3v) is 4.19. The lowest BCUT2D eigenvalue weighted by atomic mass is 9.78. The summed E-state index contributed by atoms with van der Waals surface area (Å²) in [6, 6.07) is 0.508. The van der Waals surface area contributed by atoms with Gasteiger partial charge in [0, 0.05) is 13.1 Å². The monoisotopic (exact) mass is 285 g/mol. The molecule has 0 aliphatic rings. The van der Waals surface area contributed by atoms with Crippen LogP contribution in [0.3, 0.4) is 0 Å². The molecule has 1 unspecified atom stereocenters. The molecular formula is C15H28ClN3. The van der Waals surface area contributed by atoms with E-state index in [2.05, 4.69) is 45.0 Å². The molecular weight excluding hydrogens is 258 g/mol. The van der Waals surface area contributed by atoms with Crippen molar-refractivity contribution in [2.45, 2.75) is 54.0 Å². The van der Waals surface area contributed by atoms with Crippen LogP contribution >= 0.6 is 11.6 Å². The van der Waals surface area contributed by atoms with Crippen molar-refractivity contribution < 1.29 is 0 Å². The molecule has 1 aromatic rings. The van der Waals surface area contributed by atoms with E-state index in [0.717, 1.165) is 29.4 Å². The van der Waals surface area contributed by atoms with Crippen LogP contribution in [0.2, 0.25) is 5.02 Å². The quantitative estimate of drug-likeness (QED) is 0.896. The molecule has 1 heterocycles. The zero-order valence-corrected chi connectivity index (χ0v) is 14.1. The van der Waals surface area contributed by atoms with Crippen LogP contribution < -0.4 is 5.32 Å². The van der Waals surface area contributed by atoms with E-state index >= 15 is 0 Å². The van der Waals surface area contributed by atoms with E-state index in [4.69, 9.17) is 11.6 Å². The van der Waals surface area contributed by atoms with Gasteiger partial charge in [0.1, 0.15) is 0 Å². The summed E-state index contributed by atoms with van der Waals surface area (Å²) < 4.78 is 1.92. The van der Waals surface area contributed by atoms with Gasteiger partial charge < -0.3 is 5.32 Å². The number of aromatic nitrogens is 2. The Balaban J connectivity index is 2.88. The maximum atomic E-state index is 6.37. The fourth-order valence-corrected chi connectivity index (χ4v) is 2.44. The third kappa shape index (κ3) is 4.50. The number of hydrogen-bond donors (Lipinski definition) is 1. The molecule has 1 N–H and O–H groups in total. The van der Waals surface area contributed by atoms with Gasteiger partial charge in [-0.1, -0.05) is 46.2 Å². The van der Waals surface area contributed by atoms with E-state index in [1.54, 1.807) is 0 Å². The smallest absolute Gasteiger partial charge is 0.0847 e. The van der Waals surface area contributed by atoms with Crippen molar-refractivity contribution in [2.75, 3.05) is 6.54 Å². The molecule has 0 saturated heterocycles. The highest BCUT2D eigenvalue weighted by atomic mass is 35.5. The SMILES string of the molecule is Cc1nn(C)c(CC(CNC(C)C)C(C)(C)C)c1Cl. The van der Waals surface area contributed by atoms with Gasteiger partial charge in [0.2, 0.25) is 0 Å². The fourth-order valence-electron chi connectivity index (χ4n) is 2.20. The van der Waals surface area contributed by atoms with Crippen LogP contribution in [0.15, 0.2) is 0 Å². The first-order valence-corrected chi connectivity index (χ1v) is 7.42. The largest absolute Gasteiger partial charge is 0.314 e. The Morgan fingerprint density at radius 2 is 1.89 bits per heavy atom. The first-order chi connectivity index (χ1) is 8.62. The molecule has 4 heteroatoms. The normalized spacial score (nSPS) is 14.2. The predicted octanol–water partition coefficient (Wildman–Crippen LogP) is 3.58. The van der Waals surface area contributed by atoms with Gasteiger partial charge in [0.25, 0.3) is 0 Å². The number of nitrogens with zero attached hydrogens (tertiary/aromatic N) is 2. The van der Waals surface area contributed by atoms with Crippen LogP contribution in [0.1, 0.15) is 46.0 Å². The topological polar surface area (TPSA) is 29.9 Å². The lowest BCUT2D eigenvalue weighted by Gasteiger charge is -2.32. The molecule has 1 rings (SSSR count). The van der Waals surface area contributed by atoms with Gasteiger partial charge in [0.05, 0.1) is 16.4 Å². The highest BCUT2D eigenvalue weighted by Gasteiger charge is 2.27. The average Bonchev–Trinajstić information content (AvgIpc) is 2.47. The summed E-state index contributed by atoms with van der Waals surface area (Å²) in [6.45, 7) is 14.2. The zero-order valence-electron chi connectivity index (χ0n) is 13.3. The Labute approximate surface area is 122 Å². The van der Waals surface area contributed by atoms with Gasteiger partial charge in [-0.2, -0.15) is 5.10 Å². The van der Waals surface area contributed by atoms with Crippen LogP contribution in [0, 0.1) is 18.3 Å². The summed E-state index contributed by atoms with van der Waals surface area (Å²) in [5.74, 6) is 0.530. The second kappa shape index (κ2) is 6.27. The van der Waals surface area contributed by atoms with Crippen LogP contribution in [0.25, 0.3) is 0 Å². The summed E-state index contributed by atoms with van der Waals surface area (Å²) in [5.41, 5.74) is 2.30. The van der Waals surface area contributed by atoms with E-state index < -0.39 is 0 Å². The van der Waals surface area contributed by atoms with Gasteiger partial charge in [-0.05, 0) is 31.2 Å². The number of nitrogens with one attached hydrogen (secondary N) is 1. The third-order valence-electron chi connectivity index (χ3n) is 3.70. The Kier molecular flexibility index (Phi) is 5.45. The Hall–Kier alpha value is -0.540. The second-order valence-corrected chi connectivity index (χ2v) is 7.18. The minimum Gasteiger partial charge on any atom is -0.314 e. The molecule has 0 aliphatic carbocycles. The first-order valence-electron chi connectivity index (χ1n) is 7.04. The highest BCUT2D eigenvalue weighted by molar-refractivity contribution is 6.31. The van der Waals surface area contributed by atoms with Crippen LogP contribution in [-0.2, 0) is 13.5 Å². The number of rotatable bonds is 5. The molecule has 19 heavy (non-hydrogen) atoms. The number of halogens is 1. The fraction of sp³-hybridized carbons (Fsp3) is 0.800. The van der Waals surface area contributed by atoms with Gasteiger partial charge in [-0.15, -0.1) is 0 Å². The van der Waals surface area contributed by atoms with Gasteiger partial charge >= 0.3 is 0 Å². The molecule has 0 spiro atoms. The molecule has 0 bridgehead atoms. The summed E-state index contributed by atoms with van der Waals surface area (Å²) in [5, 5.41) is 8.77.